The lowest BCUT2D eigenvalue weighted by molar-refractivity contribution is -0.137. The van der Waals surface area contributed by atoms with Gasteiger partial charge in [0.2, 0.25) is 5.91 Å². The normalized spacial score (nSPS) is 20.6. The van der Waals surface area contributed by atoms with Crippen molar-refractivity contribution in [1.82, 2.24) is 4.90 Å². The number of likely N-dealkylation sites (tertiary alicyclic amines) is 1. The minimum atomic E-state index is 0.194. The summed E-state index contributed by atoms with van der Waals surface area (Å²) in [6.45, 7) is 6.04. The third-order valence-corrected chi connectivity index (χ3v) is 2.79. The van der Waals surface area contributed by atoms with Crippen LogP contribution in [0.5, 0.6) is 0 Å². The number of carbonyl (C=O) groups excluding carboxylic acids is 1. The summed E-state index contributed by atoms with van der Waals surface area (Å²) in [4.78, 5) is 13.6. The number of terminal acetylenes is 1. The van der Waals surface area contributed by atoms with Crippen LogP contribution in [0.3, 0.4) is 0 Å². The molecule has 1 heterocycles. The second-order valence-corrected chi connectivity index (χ2v) is 4.78. The lowest BCUT2D eigenvalue weighted by Gasteiger charge is -2.36. The molecule has 1 rings (SSSR count). The first-order chi connectivity index (χ1) is 6.55. The van der Waals surface area contributed by atoms with Crippen LogP contribution in [-0.2, 0) is 4.79 Å². The van der Waals surface area contributed by atoms with E-state index in [1.165, 1.54) is 0 Å². The minimum absolute atomic E-state index is 0.194. The molecule has 0 atom stereocenters. The van der Waals surface area contributed by atoms with Crippen molar-refractivity contribution < 1.29 is 4.79 Å². The highest BCUT2D eigenvalue weighted by atomic mass is 16.2. The van der Waals surface area contributed by atoms with Crippen LogP contribution in [0.4, 0.5) is 0 Å². The first kappa shape index (κ1) is 11.1. The number of amides is 1. The fourth-order valence-electron chi connectivity index (χ4n) is 1.78. The number of unbranched alkanes of at least 4 members (excludes halogenated alkanes) is 1. The van der Waals surface area contributed by atoms with E-state index in [0.717, 1.165) is 32.4 Å². The van der Waals surface area contributed by atoms with Crippen LogP contribution >= 0.6 is 0 Å². The van der Waals surface area contributed by atoms with Gasteiger partial charge < -0.3 is 4.90 Å². The fourth-order valence-corrected chi connectivity index (χ4v) is 1.78. The maximum Gasteiger partial charge on any atom is 0.223 e. The Kier molecular flexibility index (Phi) is 3.57. The molecular weight excluding hydrogens is 174 g/mol. The first-order valence-corrected chi connectivity index (χ1v) is 5.26. The van der Waals surface area contributed by atoms with Gasteiger partial charge in [-0.2, -0.15) is 0 Å². The summed E-state index contributed by atoms with van der Waals surface area (Å²) in [6, 6.07) is 0. The van der Waals surface area contributed by atoms with Gasteiger partial charge in [-0.25, -0.2) is 0 Å². The Morgan fingerprint density at radius 1 is 1.57 bits per heavy atom. The Bertz CT molecular complexity index is 250. The highest BCUT2D eigenvalue weighted by Crippen LogP contribution is 2.30. The predicted molar refractivity (Wildman–Crippen MR) is 57.7 cm³/mol. The van der Waals surface area contributed by atoms with Crippen molar-refractivity contribution >= 4 is 5.91 Å². The van der Waals surface area contributed by atoms with Crippen LogP contribution in [0.25, 0.3) is 0 Å². The zero-order valence-corrected chi connectivity index (χ0v) is 9.18. The van der Waals surface area contributed by atoms with E-state index in [0.29, 0.717) is 12.3 Å². The molecule has 14 heavy (non-hydrogen) atoms. The van der Waals surface area contributed by atoms with E-state index in [1.54, 1.807) is 0 Å². The zero-order chi connectivity index (χ0) is 10.6. The predicted octanol–water partition coefficient (Wildman–Crippen LogP) is 2.05. The standard InChI is InChI=1S/C12H19NO/c1-4-5-6-8-13-9-7-12(2,3)10-11(13)14/h1H,5-10H2,2-3H3. The molecule has 0 bridgehead atoms. The molecule has 0 unspecified atom stereocenters. The molecule has 0 radical (unpaired) electrons. The Balaban J connectivity index is 2.36. The Labute approximate surface area is 86.7 Å². The molecule has 1 aliphatic heterocycles. The maximum absolute atomic E-state index is 11.7. The van der Waals surface area contributed by atoms with Gasteiger partial charge in [-0.15, -0.1) is 12.3 Å². The quantitative estimate of drug-likeness (QED) is 0.496. The average Bonchev–Trinajstić information content (AvgIpc) is 2.08. The summed E-state index contributed by atoms with van der Waals surface area (Å²) in [5.41, 5.74) is 0.194. The molecule has 0 aliphatic carbocycles. The summed E-state index contributed by atoms with van der Waals surface area (Å²) in [5.74, 6) is 2.89. The molecule has 1 aliphatic rings. The maximum atomic E-state index is 11.7. The van der Waals surface area contributed by atoms with Gasteiger partial charge in [0.1, 0.15) is 0 Å². The molecule has 1 amide bonds. The van der Waals surface area contributed by atoms with Crippen molar-refractivity contribution in [3.8, 4) is 12.3 Å². The first-order valence-electron chi connectivity index (χ1n) is 5.26. The molecule has 1 fully saturated rings. The fraction of sp³-hybridized carbons (Fsp3) is 0.750. The van der Waals surface area contributed by atoms with Gasteiger partial charge in [-0.05, 0) is 18.3 Å². The highest BCUT2D eigenvalue weighted by molar-refractivity contribution is 5.77. The van der Waals surface area contributed by atoms with Crippen molar-refractivity contribution in [1.29, 1.82) is 0 Å². The van der Waals surface area contributed by atoms with Crippen LogP contribution in [0.15, 0.2) is 0 Å². The number of rotatable bonds is 3. The van der Waals surface area contributed by atoms with Crippen molar-refractivity contribution in [2.45, 2.75) is 39.5 Å². The van der Waals surface area contributed by atoms with Crippen LogP contribution < -0.4 is 0 Å². The molecule has 0 aromatic rings. The van der Waals surface area contributed by atoms with Crippen molar-refractivity contribution in [2.24, 2.45) is 5.41 Å². The molecule has 0 aromatic carbocycles. The zero-order valence-electron chi connectivity index (χ0n) is 9.18. The molecule has 2 heteroatoms. The number of hydrogen-bond acceptors (Lipinski definition) is 1. The van der Waals surface area contributed by atoms with E-state index in [-0.39, 0.29) is 5.41 Å². The van der Waals surface area contributed by atoms with E-state index in [4.69, 9.17) is 6.42 Å². The van der Waals surface area contributed by atoms with E-state index in [9.17, 15) is 4.79 Å². The lowest BCUT2D eigenvalue weighted by atomic mass is 9.82. The largest absolute Gasteiger partial charge is 0.343 e. The van der Waals surface area contributed by atoms with Crippen molar-refractivity contribution in [2.75, 3.05) is 13.1 Å². The molecule has 0 saturated carbocycles. The van der Waals surface area contributed by atoms with Gasteiger partial charge in [0.05, 0.1) is 0 Å². The van der Waals surface area contributed by atoms with Gasteiger partial charge in [0.15, 0.2) is 0 Å². The Morgan fingerprint density at radius 3 is 2.86 bits per heavy atom. The van der Waals surface area contributed by atoms with E-state index < -0.39 is 0 Å². The van der Waals surface area contributed by atoms with Gasteiger partial charge in [0.25, 0.3) is 0 Å². The summed E-state index contributed by atoms with van der Waals surface area (Å²) in [5, 5.41) is 0. The molecule has 0 N–H and O–H groups in total. The van der Waals surface area contributed by atoms with Crippen molar-refractivity contribution in [3.05, 3.63) is 0 Å². The average molecular weight is 193 g/mol. The molecule has 2 nitrogen and oxygen atoms in total. The van der Waals surface area contributed by atoms with Crippen LogP contribution in [0.2, 0.25) is 0 Å². The molecule has 1 saturated heterocycles. The van der Waals surface area contributed by atoms with Gasteiger partial charge in [-0.1, -0.05) is 13.8 Å². The van der Waals surface area contributed by atoms with Crippen LogP contribution in [0.1, 0.15) is 39.5 Å². The second kappa shape index (κ2) is 4.50. The SMILES string of the molecule is C#CCCCN1CCC(C)(C)CC1=O. The third-order valence-electron chi connectivity index (χ3n) is 2.79. The monoisotopic (exact) mass is 193 g/mol. The van der Waals surface area contributed by atoms with E-state index >= 15 is 0 Å². The highest BCUT2D eigenvalue weighted by Gasteiger charge is 2.30. The number of carbonyl (C=O) groups is 1. The van der Waals surface area contributed by atoms with Gasteiger partial charge >= 0.3 is 0 Å². The second-order valence-electron chi connectivity index (χ2n) is 4.78. The molecule has 0 spiro atoms. The third kappa shape index (κ3) is 3.06. The molecule has 78 valence electrons. The smallest absolute Gasteiger partial charge is 0.223 e. The summed E-state index contributed by atoms with van der Waals surface area (Å²) < 4.78 is 0. The Hall–Kier alpha value is -0.970. The van der Waals surface area contributed by atoms with E-state index in [1.807, 2.05) is 4.90 Å². The van der Waals surface area contributed by atoms with Crippen LogP contribution in [-0.4, -0.2) is 23.9 Å². The summed E-state index contributed by atoms with van der Waals surface area (Å²) >= 11 is 0. The number of hydrogen-bond donors (Lipinski definition) is 0. The number of nitrogens with zero attached hydrogens (tertiary/aromatic N) is 1. The number of piperidine rings is 1. The van der Waals surface area contributed by atoms with Crippen LogP contribution in [0, 0.1) is 17.8 Å². The van der Waals surface area contributed by atoms with Gasteiger partial charge in [-0.3, -0.25) is 4.79 Å². The molecular formula is C12H19NO. The Morgan fingerprint density at radius 2 is 2.29 bits per heavy atom. The van der Waals surface area contributed by atoms with E-state index in [2.05, 4.69) is 19.8 Å². The summed E-state index contributed by atoms with van der Waals surface area (Å²) in [7, 11) is 0. The lowest BCUT2D eigenvalue weighted by Crippen LogP contribution is -2.42. The summed E-state index contributed by atoms with van der Waals surface area (Å²) in [6.07, 6.45) is 8.66. The minimum Gasteiger partial charge on any atom is -0.343 e. The topological polar surface area (TPSA) is 20.3 Å². The van der Waals surface area contributed by atoms with Crippen molar-refractivity contribution in [3.63, 3.8) is 0 Å². The van der Waals surface area contributed by atoms with Gasteiger partial charge in [0, 0.05) is 25.9 Å². The molecule has 0 aromatic heterocycles.